The Morgan fingerprint density at radius 1 is 1.13 bits per heavy atom. The Morgan fingerprint density at radius 3 is 2.37 bits per heavy atom. The van der Waals surface area contributed by atoms with Gasteiger partial charge >= 0.3 is 5.97 Å². The van der Waals surface area contributed by atoms with Crippen LogP contribution in [0.5, 0.6) is 0 Å². The van der Waals surface area contributed by atoms with E-state index in [-0.39, 0.29) is 18.3 Å². The number of ether oxygens (including phenoxy) is 2. The quantitative estimate of drug-likeness (QED) is 0.402. The van der Waals surface area contributed by atoms with Crippen molar-refractivity contribution in [3.05, 3.63) is 59.9 Å². The number of pyridine rings is 1. The van der Waals surface area contributed by atoms with E-state index in [0.29, 0.717) is 11.3 Å². The van der Waals surface area contributed by atoms with Gasteiger partial charge in [0.25, 0.3) is 12.1 Å². The minimum Gasteiger partial charge on any atom is -0.469 e. The van der Waals surface area contributed by atoms with Crippen LogP contribution >= 0.6 is 0 Å². The van der Waals surface area contributed by atoms with E-state index in [1.807, 2.05) is 0 Å². The van der Waals surface area contributed by atoms with Crippen molar-refractivity contribution in [1.29, 1.82) is 0 Å². The number of nitrogens with zero attached hydrogens (tertiary/aromatic N) is 1. The van der Waals surface area contributed by atoms with E-state index in [0.717, 1.165) is 12.7 Å². The number of hydrogen-bond acceptors (Lipinski definition) is 7. The average molecular weight is 419 g/mol. The molecule has 1 fully saturated rings. The molecule has 1 aromatic heterocycles. The lowest BCUT2D eigenvalue weighted by molar-refractivity contribution is -0.765. The molecular weight excluding hydrogens is 392 g/mol. The lowest BCUT2D eigenvalue weighted by Gasteiger charge is -2.11. The lowest BCUT2D eigenvalue weighted by atomic mass is 10.1. The van der Waals surface area contributed by atoms with Crippen LogP contribution < -0.4 is 9.88 Å². The molecule has 9 nitrogen and oxygen atoms in total. The van der Waals surface area contributed by atoms with E-state index in [1.165, 1.54) is 7.11 Å². The first kappa shape index (κ1) is 23.4. The van der Waals surface area contributed by atoms with Gasteiger partial charge in [0.05, 0.1) is 19.6 Å². The largest absolute Gasteiger partial charge is 0.469 e. The molecule has 30 heavy (non-hydrogen) atoms. The first-order valence-electron chi connectivity index (χ1n) is 9.33. The van der Waals surface area contributed by atoms with Crippen LogP contribution in [-0.4, -0.2) is 59.7 Å². The number of carbonyl (C=O) groups excluding carboxylic acids is 2. The highest BCUT2D eigenvalue weighted by atomic mass is 16.6. The molecule has 0 radical (unpaired) electrons. The highest BCUT2D eigenvalue weighted by Gasteiger charge is 2.46. The molecule has 1 aliphatic rings. The third-order valence-electron chi connectivity index (χ3n) is 4.64. The third-order valence-corrected chi connectivity index (χ3v) is 4.64. The van der Waals surface area contributed by atoms with Crippen molar-refractivity contribution in [2.45, 2.75) is 37.9 Å². The molecule has 0 bridgehead atoms. The van der Waals surface area contributed by atoms with E-state index < -0.39 is 24.5 Å². The number of nitrogens with one attached hydrogen (secondary N) is 1. The Hall–Kier alpha value is -2.85. The smallest absolute Gasteiger partial charge is 0.309 e. The van der Waals surface area contributed by atoms with Crippen molar-refractivity contribution in [2.75, 3.05) is 19.5 Å². The lowest BCUT2D eigenvalue weighted by Crippen LogP contribution is -2.46. The molecule has 2 unspecified atom stereocenters. The molecule has 162 valence electrons. The van der Waals surface area contributed by atoms with E-state index in [4.69, 9.17) is 9.84 Å². The maximum absolute atomic E-state index is 12.5. The number of methoxy groups -OCH3 is 1. The maximum Gasteiger partial charge on any atom is 0.309 e. The molecule has 1 saturated heterocycles. The van der Waals surface area contributed by atoms with Crippen molar-refractivity contribution < 1.29 is 38.9 Å². The third kappa shape index (κ3) is 5.61. The molecule has 0 aliphatic carbocycles. The van der Waals surface area contributed by atoms with Gasteiger partial charge in [0.1, 0.15) is 11.7 Å². The number of benzene rings is 1. The summed E-state index contributed by atoms with van der Waals surface area (Å²) in [4.78, 5) is 23.8. The van der Waals surface area contributed by atoms with Crippen LogP contribution in [0.4, 0.5) is 5.69 Å². The summed E-state index contributed by atoms with van der Waals surface area (Å²) in [6.07, 6.45) is 0.0385. The van der Waals surface area contributed by atoms with Crippen LogP contribution in [0.3, 0.4) is 0 Å². The maximum atomic E-state index is 12.5. The topological polar surface area (TPSA) is 129 Å². The van der Waals surface area contributed by atoms with Gasteiger partial charge < -0.3 is 30.1 Å². The highest BCUT2D eigenvalue weighted by molar-refractivity contribution is 6.03. The molecule has 2 aromatic rings. The number of carbonyl (C=O) groups is 2. The molecule has 1 aliphatic heterocycles. The van der Waals surface area contributed by atoms with Crippen LogP contribution in [0.15, 0.2) is 48.8 Å². The Kier molecular flexibility index (Phi) is 8.43. The number of rotatable bonds is 5. The minimum absolute atomic E-state index is 0.164. The van der Waals surface area contributed by atoms with Gasteiger partial charge in [0.15, 0.2) is 18.5 Å². The molecule has 2 heterocycles. The van der Waals surface area contributed by atoms with Gasteiger partial charge in [-0.2, -0.15) is 4.57 Å². The van der Waals surface area contributed by atoms with Gasteiger partial charge in [0.2, 0.25) is 0 Å². The number of aliphatic hydroxyl groups is 3. The van der Waals surface area contributed by atoms with Crippen LogP contribution in [0.25, 0.3) is 0 Å². The zero-order valence-electron chi connectivity index (χ0n) is 17.1. The van der Waals surface area contributed by atoms with Crippen LogP contribution in [0, 0.1) is 0 Å². The average Bonchev–Trinajstić information content (AvgIpc) is 3.03. The van der Waals surface area contributed by atoms with Gasteiger partial charge in [-0.15, -0.1) is 0 Å². The Morgan fingerprint density at radius 2 is 1.80 bits per heavy atom. The fraction of sp³-hybridized carbons (Fsp3) is 0.381. The Bertz CT molecular complexity index is 857. The normalized spacial score (nSPS) is 22.6. The summed E-state index contributed by atoms with van der Waals surface area (Å²) < 4.78 is 11.8. The van der Waals surface area contributed by atoms with Gasteiger partial charge in [-0.3, -0.25) is 9.59 Å². The fourth-order valence-electron chi connectivity index (χ4n) is 3.01. The van der Waals surface area contributed by atoms with Crippen molar-refractivity contribution in [3.8, 4) is 0 Å². The second kappa shape index (κ2) is 10.8. The van der Waals surface area contributed by atoms with Gasteiger partial charge in [-0.1, -0.05) is 12.1 Å². The van der Waals surface area contributed by atoms with Crippen LogP contribution in [-0.2, 0) is 20.7 Å². The van der Waals surface area contributed by atoms with Crippen LogP contribution in [0.2, 0.25) is 0 Å². The predicted octanol–water partition coefficient (Wildman–Crippen LogP) is 0.190. The Balaban J connectivity index is 0.00000155. The van der Waals surface area contributed by atoms with Crippen LogP contribution in [0.1, 0.15) is 29.1 Å². The molecule has 0 spiro atoms. The minimum atomic E-state index is -1.08. The molecule has 4 N–H and O–H groups in total. The van der Waals surface area contributed by atoms with E-state index >= 15 is 0 Å². The summed E-state index contributed by atoms with van der Waals surface area (Å²) in [5.41, 5.74) is 1.73. The zero-order chi connectivity index (χ0) is 22.3. The first-order valence-corrected chi connectivity index (χ1v) is 9.33. The number of aliphatic hydroxyl groups excluding tert-OH is 3. The van der Waals surface area contributed by atoms with E-state index in [2.05, 4.69) is 10.1 Å². The zero-order valence-corrected chi connectivity index (χ0v) is 17.1. The highest BCUT2D eigenvalue weighted by Crippen LogP contribution is 2.25. The Labute approximate surface area is 174 Å². The summed E-state index contributed by atoms with van der Waals surface area (Å²) >= 11 is 0. The summed E-state index contributed by atoms with van der Waals surface area (Å²) in [5, 5.41) is 29.8. The number of aromatic nitrogens is 1. The van der Waals surface area contributed by atoms with Gasteiger partial charge in [-0.05, 0) is 30.7 Å². The molecule has 9 heteroatoms. The molecule has 3 rings (SSSR count). The second-order valence-electron chi connectivity index (χ2n) is 6.66. The fourth-order valence-corrected chi connectivity index (χ4v) is 3.01. The summed E-state index contributed by atoms with van der Waals surface area (Å²) in [6, 6.07) is 10.2. The van der Waals surface area contributed by atoms with Crippen molar-refractivity contribution in [1.82, 2.24) is 0 Å². The molecule has 1 amide bonds. The standard InChI is InChI=1S/C20H22N2O6.CH4O/c1-12-17(24)18(25)20(28-12)22-9-3-4-14(11-22)19(26)21-15-7-5-13(6-8-15)10-16(23)27-2;1-2/h3-9,11-12,17-18,20,24-25H,10H2,1-2H3;2H,1H3/p+1/t12?,17-,18-,20?;/m1./s1. The molecule has 0 saturated carbocycles. The monoisotopic (exact) mass is 419 g/mol. The summed E-state index contributed by atoms with van der Waals surface area (Å²) in [7, 11) is 2.33. The second-order valence-corrected chi connectivity index (χ2v) is 6.66. The van der Waals surface area contributed by atoms with Crippen molar-refractivity contribution >= 4 is 17.6 Å². The number of hydrogen-bond donors (Lipinski definition) is 4. The summed E-state index contributed by atoms with van der Waals surface area (Å²) in [5.74, 6) is -0.669. The molecule has 1 aromatic carbocycles. The van der Waals surface area contributed by atoms with E-state index in [9.17, 15) is 19.8 Å². The van der Waals surface area contributed by atoms with Gasteiger partial charge in [0, 0.05) is 18.9 Å². The predicted molar refractivity (Wildman–Crippen MR) is 106 cm³/mol. The van der Waals surface area contributed by atoms with E-state index in [1.54, 1.807) is 60.3 Å². The number of amides is 1. The van der Waals surface area contributed by atoms with Crippen molar-refractivity contribution in [2.24, 2.45) is 0 Å². The first-order chi connectivity index (χ1) is 14.4. The SMILES string of the molecule is CO.COC(=O)Cc1ccc(NC(=O)c2ccc[n+](C3OC(C)[C@@H](O)[C@H]3O)c2)cc1. The number of anilines is 1. The number of esters is 1. The van der Waals surface area contributed by atoms with Gasteiger partial charge in [-0.25, -0.2) is 0 Å². The van der Waals surface area contributed by atoms with Crippen molar-refractivity contribution in [3.63, 3.8) is 0 Å². The molecule has 4 atom stereocenters. The summed E-state index contributed by atoms with van der Waals surface area (Å²) in [6.45, 7) is 1.68. The molecular formula is C21H27N2O7+.